The van der Waals surface area contributed by atoms with Gasteiger partial charge in [-0.15, -0.1) is 0 Å². The number of nitrogens with one attached hydrogen (secondary N) is 2. The largest absolute Gasteiger partial charge is 0.325 e. The zero-order valence-electron chi connectivity index (χ0n) is 15.3. The Morgan fingerprint density at radius 2 is 1.73 bits per heavy atom. The molecule has 0 saturated heterocycles. The SMILES string of the molecule is CCc1ccccc1NC(=O)CN(C)C(C)C(=O)Nc1ccc(Br)cc1. The van der Waals surface area contributed by atoms with E-state index in [0.29, 0.717) is 0 Å². The standard InChI is InChI=1S/C20H24BrN3O2/c1-4-15-7-5-6-8-18(15)23-19(25)13-24(3)14(2)20(26)22-17-11-9-16(21)10-12-17/h5-12,14H,4,13H2,1-3H3,(H,22,26)(H,23,25). The molecule has 0 spiro atoms. The van der Waals surface area contributed by atoms with Crippen LogP contribution in [0.25, 0.3) is 0 Å². The molecule has 0 aromatic heterocycles. The maximum atomic E-state index is 12.4. The van der Waals surface area contributed by atoms with Gasteiger partial charge >= 0.3 is 0 Å². The summed E-state index contributed by atoms with van der Waals surface area (Å²) in [5, 5.41) is 5.78. The third-order valence-electron chi connectivity index (χ3n) is 4.22. The van der Waals surface area contributed by atoms with Crippen molar-refractivity contribution in [2.75, 3.05) is 24.2 Å². The fourth-order valence-electron chi connectivity index (χ4n) is 2.48. The van der Waals surface area contributed by atoms with Crippen LogP contribution in [0.2, 0.25) is 0 Å². The van der Waals surface area contributed by atoms with Gasteiger partial charge in [-0.2, -0.15) is 0 Å². The number of aryl methyl sites for hydroxylation is 1. The molecule has 0 saturated carbocycles. The summed E-state index contributed by atoms with van der Waals surface area (Å²) in [5.74, 6) is -0.298. The fourth-order valence-corrected chi connectivity index (χ4v) is 2.75. The Morgan fingerprint density at radius 3 is 2.38 bits per heavy atom. The van der Waals surface area contributed by atoms with Crippen molar-refractivity contribution in [1.82, 2.24) is 4.90 Å². The van der Waals surface area contributed by atoms with Crippen LogP contribution in [-0.2, 0) is 16.0 Å². The van der Waals surface area contributed by atoms with Gasteiger partial charge in [-0.05, 0) is 56.3 Å². The molecule has 1 unspecified atom stereocenters. The van der Waals surface area contributed by atoms with Gasteiger partial charge in [0.2, 0.25) is 11.8 Å². The second-order valence-electron chi connectivity index (χ2n) is 6.15. The quantitative estimate of drug-likeness (QED) is 0.717. The smallest absolute Gasteiger partial charge is 0.241 e. The van der Waals surface area contributed by atoms with Crippen LogP contribution in [0, 0.1) is 0 Å². The predicted molar refractivity (Wildman–Crippen MR) is 109 cm³/mol. The maximum Gasteiger partial charge on any atom is 0.241 e. The Bertz CT molecular complexity index is 762. The molecule has 0 radical (unpaired) electrons. The minimum Gasteiger partial charge on any atom is -0.325 e. The first-order valence-electron chi connectivity index (χ1n) is 8.55. The van der Waals surface area contributed by atoms with Gasteiger partial charge in [-0.25, -0.2) is 0 Å². The van der Waals surface area contributed by atoms with E-state index in [4.69, 9.17) is 0 Å². The van der Waals surface area contributed by atoms with Crippen LogP contribution in [0.5, 0.6) is 0 Å². The van der Waals surface area contributed by atoms with E-state index in [-0.39, 0.29) is 18.4 Å². The summed E-state index contributed by atoms with van der Waals surface area (Å²) in [6, 6.07) is 14.7. The molecule has 2 amide bonds. The highest BCUT2D eigenvalue weighted by atomic mass is 79.9. The summed E-state index contributed by atoms with van der Waals surface area (Å²) < 4.78 is 0.949. The summed E-state index contributed by atoms with van der Waals surface area (Å²) in [5.41, 5.74) is 2.63. The van der Waals surface area contributed by atoms with E-state index in [2.05, 4.69) is 26.6 Å². The minimum absolute atomic E-state index is 0.132. The van der Waals surface area contributed by atoms with Crippen LogP contribution < -0.4 is 10.6 Å². The summed E-state index contributed by atoms with van der Waals surface area (Å²) in [7, 11) is 1.76. The molecule has 0 aliphatic rings. The highest BCUT2D eigenvalue weighted by Gasteiger charge is 2.20. The molecule has 0 aliphatic carbocycles. The number of para-hydroxylation sites is 1. The topological polar surface area (TPSA) is 61.4 Å². The molecular formula is C20H24BrN3O2. The highest BCUT2D eigenvalue weighted by molar-refractivity contribution is 9.10. The average Bonchev–Trinajstić information content (AvgIpc) is 2.63. The third kappa shape index (κ3) is 5.68. The number of anilines is 2. The Morgan fingerprint density at radius 1 is 1.08 bits per heavy atom. The van der Waals surface area contributed by atoms with Crippen LogP contribution in [0.4, 0.5) is 11.4 Å². The second kappa shape index (κ2) is 9.50. The lowest BCUT2D eigenvalue weighted by atomic mass is 10.1. The van der Waals surface area contributed by atoms with E-state index in [9.17, 15) is 9.59 Å². The van der Waals surface area contributed by atoms with Crippen molar-refractivity contribution in [3.05, 3.63) is 58.6 Å². The number of carbonyl (C=O) groups is 2. The third-order valence-corrected chi connectivity index (χ3v) is 4.75. The lowest BCUT2D eigenvalue weighted by Gasteiger charge is -2.23. The summed E-state index contributed by atoms with van der Waals surface area (Å²) >= 11 is 3.36. The number of nitrogens with zero attached hydrogens (tertiary/aromatic N) is 1. The van der Waals surface area contributed by atoms with Gasteiger partial charge in [0.25, 0.3) is 0 Å². The zero-order valence-corrected chi connectivity index (χ0v) is 16.8. The van der Waals surface area contributed by atoms with Crippen molar-refractivity contribution >= 4 is 39.1 Å². The number of carbonyl (C=O) groups excluding carboxylic acids is 2. The number of halogens is 1. The molecule has 0 heterocycles. The van der Waals surface area contributed by atoms with Gasteiger partial charge < -0.3 is 10.6 Å². The molecule has 5 nitrogen and oxygen atoms in total. The molecule has 2 aromatic carbocycles. The Balaban J connectivity index is 1.90. The van der Waals surface area contributed by atoms with Crippen molar-refractivity contribution in [2.45, 2.75) is 26.3 Å². The van der Waals surface area contributed by atoms with Crippen LogP contribution >= 0.6 is 15.9 Å². The van der Waals surface area contributed by atoms with Crippen molar-refractivity contribution in [2.24, 2.45) is 0 Å². The van der Waals surface area contributed by atoms with Gasteiger partial charge in [-0.3, -0.25) is 14.5 Å². The van der Waals surface area contributed by atoms with E-state index in [1.807, 2.05) is 55.5 Å². The van der Waals surface area contributed by atoms with Crippen molar-refractivity contribution < 1.29 is 9.59 Å². The van der Waals surface area contributed by atoms with Crippen molar-refractivity contribution in [1.29, 1.82) is 0 Å². The molecule has 138 valence electrons. The lowest BCUT2D eigenvalue weighted by molar-refractivity contribution is -0.122. The highest BCUT2D eigenvalue weighted by Crippen LogP contribution is 2.16. The number of benzene rings is 2. The molecule has 2 N–H and O–H groups in total. The first-order valence-corrected chi connectivity index (χ1v) is 9.34. The Labute approximate surface area is 162 Å². The van der Waals surface area contributed by atoms with Gasteiger partial charge in [-0.1, -0.05) is 41.1 Å². The molecule has 0 bridgehead atoms. The zero-order chi connectivity index (χ0) is 19.1. The van der Waals surface area contributed by atoms with Gasteiger partial charge in [0.15, 0.2) is 0 Å². The van der Waals surface area contributed by atoms with Crippen LogP contribution in [0.15, 0.2) is 53.0 Å². The fraction of sp³-hybridized carbons (Fsp3) is 0.300. The molecule has 0 aliphatic heterocycles. The van der Waals surface area contributed by atoms with E-state index in [0.717, 1.165) is 27.8 Å². The molecule has 0 fully saturated rings. The number of amides is 2. The predicted octanol–water partition coefficient (Wildman–Crippen LogP) is 3.91. The molecule has 1 atom stereocenters. The van der Waals surface area contributed by atoms with Gasteiger partial charge in [0.1, 0.15) is 0 Å². The molecular weight excluding hydrogens is 394 g/mol. The summed E-state index contributed by atoms with van der Waals surface area (Å²) in [6.07, 6.45) is 0.846. The van der Waals surface area contributed by atoms with Crippen LogP contribution in [0.3, 0.4) is 0 Å². The number of hydrogen-bond donors (Lipinski definition) is 2. The van der Waals surface area contributed by atoms with Gasteiger partial charge in [0, 0.05) is 15.8 Å². The first-order chi connectivity index (χ1) is 12.4. The Hall–Kier alpha value is -2.18. The minimum atomic E-state index is -0.439. The van der Waals surface area contributed by atoms with Crippen molar-refractivity contribution in [3.63, 3.8) is 0 Å². The summed E-state index contributed by atoms with van der Waals surface area (Å²) in [6.45, 7) is 3.96. The van der Waals surface area contributed by atoms with Gasteiger partial charge in [0.05, 0.1) is 12.6 Å². The normalized spacial score (nSPS) is 11.9. The monoisotopic (exact) mass is 417 g/mol. The Kier molecular flexibility index (Phi) is 7.36. The first kappa shape index (κ1) is 20.1. The van der Waals surface area contributed by atoms with Crippen LogP contribution in [0.1, 0.15) is 19.4 Å². The van der Waals surface area contributed by atoms with E-state index < -0.39 is 6.04 Å². The van der Waals surface area contributed by atoms with Crippen molar-refractivity contribution in [3.8, 4) is 0 Å². The molecule has 6 heteroatoms. The molecule has 2 aromatic rings. The van der Waals surface area contributed by atoms with E-state index in [1.165, 1.54) is 0 Å². The number of hydrogen-bond acceptors (Lipinski definition) is 3. The second-order valence-corrected chi connectivity index (χ2v) is 7.06. The van der Waals surface area contributed by atoms with Crippen LogP contribution in [-0.4, -0.2) is 36.3 Å². The number of likely N-dealkylation sites (N-methyl/N-ethyl adjacent to an activating group) is 1. The maximum absolute atomic E-state index is 12.4. The lowest BCUT2D eigenvalue weighted by Crippen LogP contribution is -2.43. The molecule has 2 rings (SSSR count). The molecule has 26 heavy (non-hydrogen) atoms. The average molecular weight is 418 g/mol. The number of rotatable bonds is 7. The van der Waals surface area contributed by atoms with E-state index in [1.54, 1.807) is 18.9 Å². The summed E-state index contributed by atoms with van der Waals surface area (Å²) in [4.78, 5) is 26.4. The van der Waals surface area contributed by atoms with E-state index >= 15 is 0 Å².